The highest BCUT2D eigenvalue weighted by Crippen LogP contribution is 2.34. The predicted molar refractivity (Wildman–Crippen MR) is 149 cm³/mol. The van der Waals surface area contributed by atoms with E-state index in [2.05, 4.69) is 47.9 Å². The largest absolute Gasteiger partial charge is 0.371 e. The molecule has 2 aliphatic heterocycles. The molecule has 0 aliphatic carbocycles. The number of morpholine rings is 1. The summed E-state index contributed by atoms with van der Waals surface area (Å²) >= 11 is 3.29. The lowest BCUT2D eigenvalue weighted by Crippen LogP contribution is -2.38. The van der Waals surface area contributed by atoms with Crippen LogP contribution in [-0.4, -0.2) is 54.6 Å². The van der Waals surface area contributed by atoms with Crippen molar-refractivity contribution in [3.63, 3.8) is 0 Å². The standard InChI is InChI=1S/C26H25BrN6O4S/c1-32-10-11-37-22(15-32)16-6-8-19(9-7-16)29-26-28-14-18-12-20(27)25(34)33(24(18)30-26)23-13-17-4-2-3-5-21(17)31-38(23,35)36/h2-9,12,14,22-23,31H,10-11,13,15H2,1H3,(H,28,29,30). The molecule has 2 aromatic carbocycles. The average molecular weight is 597 g/mol. The number of hydrogen-bond donors (Lipinski definition) is 2. The van der Waals surface area contributed by atoms with E-state index in [0.29, 0.717) is 17.7 Å². The van der Waals surface area contributed by atoms with Gasteiger partial charge in [-0.15, -0.1) is 0 Å². The van der Waals surface area contributed by atoms with Crippen LogP contribution in [0.4, 0.5) is 17.3 Å². The Morgan fingerprint density at radius 1 is 1.16 bits per heavy atom. The first-order chi connectivity index (χ1) is 18.3. The molecule has 0 bridgehead atoms. The molecule has 2 unspecified atom stereocenters. The van der Waals surface area contributed by atoms with Crippen molar-refractivity contribution in [1.29, 1.82) is 0 Å². The molecular formula is C26H25BrN6O4S. The normalized spacial score (nSPS) is 21.0. The summed E-state index contributed by atoms with van der Waals surface area (Å²) in [5.74, 6) is 0.246. The Hall–Kier alpha value is -3.32. The molecule has 12 heteroatoms. The Balaban J connectivity index is 1.35. The van der Waals surface area contributed by atoms with Crippen LogP contribution in [0.1, 0.15) is 22.6 Å². The fraction of sp³-hybridized carbons (Fsp3) is 0.269. The minimum atomic E-state index is -3.92. The van der Waals surface area contributed by atoms with Crippen molar-refractivity contribution in [2.75, 3.05) is 36.8 Å². The molecule has 10 nitrogen and oxygen atoms in total. The van der Waals surface area contributed by atoms with Gasteiger partial charge >= 0.3 is 0 Å². The Morgan fingerprint density at radius 3 is 2.74 bits per heavy atom. The van der Waals surface area contributed by atoms with Crippen molar-refractivity contribution in [3.8, 4) is 0 Å². The van der Waals surface area contributed by atoms with Gasteiger partial charge in [-0.05, 0) is 58.4 Å². The average Bonchev–Trinajstić information content (AvgIpc) is 2.90. The molecular weight excluding hydrogens is 572 g/mol. The number of aromatic nitrogens is 3. The lowest BCUT2D eigenvalue weighted by Gasteiger charge is -2.30. The Bertz CT molecular complexity index is 1690. The van der Waals surface area contributed by atoms with E-state index in [1.165, 1.54) is 4.57 Å². The second-order valence-corrected chi connectivity index (χ2v) is 12.2. The first-order valence-electron chi connectivity index (χ1n) is 12.1. The summed E-state index contributed by atoms with van der Waals surface area (Å²) in [5.41, 5.74) is 2.88. The van der Waals surface area contributed by atoms with Gasteiger partial charge in [-0.2, -0.15) is 4.98 Å². The van der Waals surface area contributed by atoms with Crippen molar-refractivity contribution < 1.29 is 13.2 Å². The fourth-order valence-corrected chi connectivity index (χ4v) is 6.80. The zero-order chi connectivity index (χ0) is 26.4. The molecule has 2 aromatic heterocycles. The van der Waals surface area contributed by atoms with Gasteiger partial charge in [0.05, 0.1) is 22.9 Å². The number of ether oxygens (including phenoxy) is 1. The molecule has 6 rings (SSSR count). The van der Waals surface area contributed by atoms with Gasteiger partial charge in [-0.25, -0.2) is 13.4 Å². The minimum Gasteiger partial charge on any atom is -0.371 e. The quantitative estimate of drug-likeness (QED) is 0.365. The van der Waals surface area contributed by atoms with Crippen molar-refractivity contribution in [2.45, 2.75) is 17.9 Å². The first kappa shape index (κ1) is 25.0. The number of fused-ring (bicyclic) bond motifs is 2. The van der Waals surface area contributed by atoms with Crippen LogP contribution in [0.5, 0.6) is 0 Å². The van der Waals surface area contributed by atoms with Crippen LogP contribution in [-0.2, 0) is 21.2 Å². The second-order valence-electron chi connectivity index (χ2n) is 9.47. The van der Waals surface area contributed by atoms with Gasteiger partial charge in [0.2, 0.25) is 5.95 Å². The Morgan fingerprint density at radius 2 is 1.95 bits per heavy atom. The summed E-state index contributed by atoms with van der Waals surface area (Å²) in [7, 11) is -1.84. The number of halogens is 1. The number of likely N-dealkylation sites (N-methyl/N-ethyl adjacent to an activating group) is 1. The Labute approximate surface area is 227 Å². The highest BCUT2D eigenvalue weighted by atomic mass is 79.9. The third kappa shape index (κ3) is 4.68. The van der Waals surface area contributed by atoms with E-state index < -0.39 is 21.0 Å². The molecule has 0 amide bonds. The number of para-hydroxylation sites is 1. The number of sulfonamides is 1. The van der Waals surface area contributed by atoms with Crippen LogP contribution in [0, 0.1) is 0 Å². The van der Waals surface area contributed by atoms with E-state index >= 15 is 0 Å². The monoisotopic (exact) mass is 596 g/mol. The molecule has 0 spiro atoms. The molecule has 0 radical (unpaired) electrons. The summed E-state index contributed by atoms with van der Waals surface area (Å²) < 4.78 is 36.5. The number of benzene rings is 2. The van der Waals surface area contributed by atoms with Gasteiger partial charge < -0.3 is 15.0 Å². The Kier molecular flexibility index (Phi) is 6.42. The molecule has 2 atom stereocenters. The summed E-state index contributed by atoms with van der Waals surface area (Å²) in [6.07, 6.45) is 1.72. The van der Waals surface area contributed by atoms with Crippen molar-refractivity contribution in [1.82, 2.24) is 19.4 Å². The fourth-order valence-electron chi connectivity index (χ4n) is 4.85. The van der Waals surface area contributed by atoms with E-state index in [-0.39, 0.29) is 28.6 Å². The zero-order valence-electron chi connectivity index (χ0n) is 20.5. The maximum Gasteiger partial charge on any atom is 0.267 e. The van der Waals surface area contributed by atoms with Crippen LogP contribution in [0.3, 0.4) is 0 Å². The minimum absolute atomic E-state index is 0.0174. The summed E-state index contributed by atoms with van der Waals surface area (Å²) in [6.45, 7) is 2.45. The first-order valence-corrected chi connectivity index (χ1v) is 14.5. The van der Waals surface area contributed by atoms with Gasteiger partial charge in [0.25, 0.3) is 15.6 Å². The van der Waals surface area contributed by atoms with E-state index in [1.807, 2.05) is 36.4 Å². The van der Waals surface area contributed by atoms with Gasteiger partial charge in [-0.1, -0.05) is 30.3 Å². The molecule has 1 fully saturated rings. The van der Waals surface area contributed by atoms with E-state index in [0.717, 1.165) is 29.9 Å². The number of anilines is 3. The van der Waals surface area contributed by atoms with E-state index in [9.17, 15) is 13.2 Å². The summed E-state index contributed by atoms with van der Waals surface area (Å²) in [6, 6.07) is 16.6. The lowest BCUT2D eigenvalue weighted by atomic mass is 10.1. The number of pyridine rings is 1. The third-order valence-electron chi connectivity index (χ3n) is 6.85. The number of nitrogens with zero attached hydrogens (tertiary/aromatic N) is 4. The highest BCUT2D eigenvalue weighted by molar-refractivity contribution is 9.10. The lowest BCUT2D eigenvalue weighted by molar-refractivity contribution is -0.0208. The number of nitrogens with one attached hydrogen (secondary N) is 2. The van der Waals surface area contributed by atoms with E-state index in [1.54, 1.807) is 24.4 Å². The van der Waals surface area contributed by atoms with Crippen molar-refractivity contribution in [3.05, 3.63) is 86.7 Å². The van der Waals surface area contributed by atoms with Crippen LogP contribution >= 0.6 is 15.9 Å². The van der Waals surface area contributed by atoms with Crippen LogP contribution < -0.4 is 15.6 Å². The topological polar surface area (TPSA) is 118 Å². The zero-order valence-corrected chi connectivity index (χ0v) is 22.9. The smallest absolute Gasteiger partial charge is 0.267 e. The van der Waals surface area contributed by atoms with Crippen LogP contribution in [0.2, 0.25) is 0 Å². The number of hydrogen-bond acceptors (Lipinski definition) is 8. The van der Waals surface area contributed by atoms with Crippen molar-refractivity contribution >= 4 is 54.3 Å². The summed E-state index contributed by atoms with van der Waals surface area (Å²) in [4.78, 5) is 24.5. The molecule has 0 saturated carbocycles. The van der Waals surface area contributed by atoms with Crippen LogP contribution in [0.25, 0.3) is 11.0 Å². The summed E-state index contributed by atoms with van der Waals surface area (Å²) in [5, 5.41) is 2.52. The van der Waals surface area contributed by atoms with Gasteiger partial charge in [0, 0.05) is 36.8 Å². The number of rotatable bonds is 4. The molecule has 2 N–H and O–H groups in total. The molecule has 4 aromatic rings. The molecule has 1 saturated heterocycles. The van der Waals surface area contributed by atoms with Crippen molar-refractivity contribution in [2.24, 2.45) is 0 Å². The second kappa shape index (κ2) is 9.77. The third-order valence-corrected chi connectivity index (χ3v) is 9.01. The maximum absolute atomic E-state index is 13.3. The maximum atomic E-state index is 13.3. The van der Waals surface area contributed by atoms with Crippen LogP contribution in [0.15, 0.2) is 70.1 Å². The highest BCUT2D eigenvalue weighted by Gasteiger charge is 2.35. The molecule has 4 heterocycles. The van der Waals surface area contributed by atoms with E-state index in [4.69, 9.17) is 4.74 Å². The van der Waals surface area contributed by atoms with Gasteiger partial charge in [0.1, 0.15) is 5.65 Å². The van der Waals surface area contributed by atoms with Gasteiger partial charge in [0.15, 0.2) is 5.37 Å². The predicted octanol–water partition coefficient (Wildman–Crippen LogP) is 3.80. The molecule has 196 valence electrons. The molecule has 2 aliphatic rings. The van der Waals surface area contributed by atoms with Gasteiger partial charge in [-0.3, -0.25) is 14.1 Å². The molecule has 38 heavy (non-hydrogen) atoms. The SMILES string of the molecule is CN1CCOC(c2ccc(Nc3ncc4cc(Br)c(=O)n(C5Cc6ccccc6NS5(=O)=O)c4n3)cc2)C1.